The SMILES string of the molecule is COc1cccc2cc(/C=C(\C#N)C(=O)c3c(C)[nH]c4ccccc34)oc12. The summed E-state index contributed by atoms with van der Waals surface area (Å²) < 4.78 is 11.1. The molecule has 2 aromatic carbocycles. The molecule has 0 saturated heterocycles. The van der Waals surface area contributed by atoms with E-state index in [2.05, 4.69) is 4.98 Å². The van der Waals surface area contributed by atoms with Gasteiger partial charge in [0.2, 0.25) is 5.78 Å². The van der Waals surface area contributed by atoms with Crippen molar-refractivity contribution in [2.75, 3.05) is 7.11 Å². The molecule has 0 unspecified atom stereocenters. The van der Waals surface area contributed by atoms with Gasteiger partial charge in [-0.1, -0.05) is 30.3 Å². The quantitative estimate of drug-likeness (QED) is 0.316. The highest BCUT2D eigenvalue weighted by Crippen LogP contribution is 2.30. The number of carbonyl (C=O) groups excluding carboxylic acids is 1. The monoisotopic (exact) mass is 356 g/mol. The van der Waals surface area contributed by atoms with Gasteiger partial charge in [-0.05, 0) is 25.1 Å². The fourth-order valence-electron chi connectivity index (χ4n) is 3.28. The predicted molar refractivity (Wildman–Crippen MR) is 104 cm³/mol. The zero-order valence-corrected chi connectivity index (χ0v) is 14.9. The molecule has 0 radical (unpaired) electrons. The van der Waals surface area contributed by atoms with Crippen molar-refractivity contribution in [2.45, 2.75) is 6.92 Å². The number of methoxy groups -OCH3 is 1. The Balaban J connectivity index is 1.81. The second-order valence-corrected chi connectivity index (χ2v) is 6.20. The van der Waals surface area contributed by atoms with Crippen LogP contribution >= 0.6 is 0 Å². The van der Waals surface area contributed by atoms with Crippen LogP contribution in [-0.4, -0.2) is 17.9 Å². The number of rotatable bonds is 4. The number of hydrogen-bond donors (Lipinski definition) is 1. The highest BCUT2D eigenvalue weighted by molar-refractivity contribution is 6.20. The van der Waals surface area contributed by atoms with Crippen LogP contribution in [0.25, 0.3) is 27.9 Å². The number of ether oxygens (including phenoxy) is 1. The standard InChI is InChI=1S/C22H16N2O3/c1-13-20(17-7-3-4-8-18(17)24-13)21(25)15(12-23)11-16-10-14-6-5-9-19(26-2)22(14)27-16/h3-11,24H,1-2H3/b15-11+. The van der Waals surface area contributed by atoms with E-state index < -0.39 is 0 Å². The number of furan rings is 1. The van der Waals surface area contributed by atoms with Gasteiger partial charge < -0.3 is 14.1 Å². The van der Waals surface area contributed by atoms with Gasteiger partial charge in [-0.3, -0.25) is 4.79 Å². The fourth-order valence-corrected chi connectivity index (χ4v) is 3.28. The van der Waals surface area contributed by atoms with Gasteiger partial charge in [0.05, 0.1) is 12.7 Å². The van der Waals surface area contributed by atoms with E-state index in [1.54, 1.807) is 19.2 Å². The molecule has 0 aliphatic rings. The fraction of sp³-hybridized carbons (Fsp3) is 0.0909. The summed E-state index contributed by atoms with van der Waals surface area (Å²) in [4.78, 5) is 16.2. The van der Waals surface area contributed by atoms with E-state index in [0.29, 0.717) is 22.7 Å². The largest absolute Gasteiger partial charge is 0.493 e. The highest BCUT2D eigenvalue weighted by atomic mass is 16.5. The summed E-state index contributed by atoms with van der Waals surface area (Å²) in [6.45, 7) is 1.83. The lowest BCUT2D eigenvalue weighted by atomic mass is 10.0. The van der Waals surface area contributed by atoms with E-state index in [1.165, 1.54) is 6.08 Å². The van der Waals surface area contributed by atoms with Crippen LogP contribution in [0.3, 0.4) is 0 Å². The maximum absolute atomic E-state index is 13.0. The van der Waals surface area contributed by atoms with Crippen LogP contribution in [0.15, 0.2) is 58.5 Å². The van der Waals surface area contributed by atoms with Crippen molar-refractivity contribution in [2.24, 2.45) is 0 Å². The summed E-state index contributed by atoms with van der Waals surface area (Å²) in [6, 6.07) is 16.9. The zero-order valence-electron chi connectivity index (χ0n) is 14.9. The van der Waals surface area contributed by atoms with Gasteiger partial charge >= 0.3 is 0 Å². The molecule has 0 atom stereocenters. The molecule has 0 aliphatic heterocycles. The molecule has 0 amide bonds. The number of para-hydroxylation sites is 2. The highest BCUT2D eigenvalue weighted by Gasteiger charge is 2.20. The second-order valence-electron chi connectivity index (χ2n) is 6.20. The molecule has 2 aromatic heterocycles. The van der Waals surface area contributed by atoms with E-state index in [1.807, 2.05) is 49.4 Å². The third-order valence-electron chi connectivity index (χ3n) is 4.52. The van der Waals surface area contributed by atoms with E-state index in [0.717, 1.165) is 22.0 Å². The Kier molecular flexibility index (Phi) is 4.02. The van der Waals surface area contributed by atoms with Crippen LogP contribution < -0.4 is 4.74 Å². The Bertz CT molecular complexity index is 1250. The molecule has 2 heterocycles. The van der Waals surface area contributed by atoms with Gasteiger partial charge in [0, 0.05) is 28.1 Å². The number of nitriles is 1. The van der Waals surface area contributed by atoms with Crippen molar-refractivity contribution < 1.29 is 13.9 Å². The molecule has 0 saturated carbocycles. The first-order chi connectivity index (χ1) is 13.1. The van der Waals surface area contributed by atoms with Gasteiger partial charge in [0.1, 0.15) is 17.4 Å². The number of aryl methyl sites for hydroxylation is 1. The van der Waals surface area contributed by atoms with Gasteiger partial charge in [-0.15, -0.1) is 0 Å². The van der Waals surface area contributed by atoms with Crippen molar-refractivity contribution in [1.82, 2.24) is 4.98 Å². The first kappa shape index (κ1) is 16.7. The van der Waals surface area contributed by atoms with Gasteiger partial charge in [0.15, 0.2) is 11.3 Å². The van der Waals surface area contributed by atoms with E-state index in [4.69, 9.17) is 9.15 Å². The van der Waals surface area contributed by atoms with Crippen molar-refractivity contribution in [3.05, 3.63) is 71.1 Å². The number of hydrogen-bond acceptors (Lipinski definition) is 4. The first-order valence-corrected chi connectivity index (χ1v) is 8.42. The zero-order chi connectivity index (χ0) is 19.0. The molecule has 0 spiro atoms. The van der Waals surface area contributed by atoms with E-state index in [-0.39, 0.29) is 11.4 Å². The number of allylic oxidation sites excluding steroid dienone is 1. The maximum atomic E-state index is 13.0. The smallest absolute Gasteiger partial charge is 0.206 e. The second kappa shape index (κ2) is 6.50. The molecule has 0 bridgehead atoms. The average Bonchev–Trinajstić information content (AvgIpc) is 3.24. The molecule has 1 N–H and O–H groups in total. The molecule has 0 fully saturated rings. The first-order valence-electron chi connectivity index (χ1n) is 8.42. The summed E-state index contributed by atoms with van der Waals surface area (Å²) in [6.07, 6.45) is 1.48. The third-order valence-corrected chi connectivity index (χ3v) is 4.52. The maximum Gasteiger partial charge on any atom is 0.206 e. The van der Waals surface area contributed by atoms with Crippen molar-refractivity contribution in [3.8, 4) is 11.8 Å². The number of benzene rings is 2. The Morgan fingerprint density at radius 1 is 1.22 bits per heavy atom. The number of nitrogens with one attached hydrogen (secondary N) is 1. The molecule has 5 heteroatoms. The molecule has 0 aliphatic carbocycles. The Morgan fingerprint density at radius 3 is 2.81 bits per heavy atom. The number of H-pyrrole nitrogens is 1. The minimum absolute atomic E-state index is 0.0147. The summed E-state index contributed by atoms with van der Waals surface area (Å²) in [5.74, 6) is 0.696. The number of aromatic nitrogens is 1. The predicted octanol–water partition coefficient (Wildman–Crippen LogP) is 5.02. The lowest BCUT2D eigenvalue weighted by Gasteiger charge is -2.00. The molecule has 4 aromatic rings. The van der Waals surface area contributed by atoms with Crippen LogP contribution in [-0.2, 0) is 0 Å². The minimum atomic E-state index is -0.333. The van der Waals surface area contributed by atoms with Crippen LogP contribution in [0.4, 0.5) is 0 Å². The van der Waals surface area contributed by atoms with Gasteiger partial charge in [-0.2, -0.15) is 5.26 Å². The van der Waals surface area contributed by atoms with Crippen LogP contribution in [0, 0.1) is 18.3 Å². The van der Waals surface area contributed by atoms with Gasteiger partial charge in [-0.25, -0.2) is 0 Å². The summed E-state index contributed by atoms with van der Waals surface area (Å²) >= 11 is 0. The molecule has 5 nitrogen and oxygen atoms in total. The number of fused-ring (bicyclic) bond motifs is 2. The number of carbonyl (C=O) groups is 1. The van der Waals surface area contributed by atoms with Crippen LogP contribution in [0.2, 0.25) is 0 Å². The number of ketones is 1. The van der Waals surface area contributed by atoms with E-state index in [9.17, 15) is 10.1 Å². The van der Waals surface area contributed by atoms with Crippen molar-refractivity contribution in [3.63, 3.8) is 0 Å². The Labute approximate surface area is 155 Å². The summed E-state index contributed by atoms with van der Waals surface area (Å²) in [7, 11) is 1.57. The normalized spacial score (nSPS) is 11.7. The topological polar surface area (TPSA) is 79.0 Å². The summed E-state index contributed by atoms with van der Waals surface area (Å²) in [5, 5.41) is 11.2. The number of Topliss-reactive ketones (excluding diaryl/α,β-unsaturated/α-hetero) is 1. The Morgan fingerprint density at radius 2 is 2.04 bits per heavy atom. The molecular weight excluding hydrogens is 340 g/mol. The lowest BCUT2D eigenvalue weighted by Crippen LogP contribution is -2.03. The average molecular weight is 356 g/mol. The summed E-state index contributed by atoms with van der Waals surface area (Å²) in [5.41, 5.74) is 2.70. The number of nitrogens with zero attached hydrogens (tertiary/aromatic N) is 1. The van der Waals surface area contributed by atoms with Crippen LogP contribution in [0.5, 0.6) is 5.75 Å². The molecule has 27 heavy (non-hydrogen) atoms. The molecule has 132 valence electrons. The van der Waals surface area contributed by atoms with Crippen molar-refractivity contribution >= 4 is 33.7 Å². The lowest BCUT2D eigenvalue weighted by molar-refractivity contribution is 0.104. The van der Waals surface area contributed by atoms with E-state index >= 15 is 0 Å². The molecular formula is C22H16N2O3. The minimum Gasteiger partial charge on any atom is -0.493 e. The van der Waals surface area contributed by atoms with Gasteiger partial charge in [0.25, 0.3) is 0 Å². The van der Waals surface area contributed by atoms with Crippen LogP contribution in [0.1, 0.15) is 21.8 Å². The Hall–Kier alpha value is -3.78. The van der Waals surface area contributed by atoms with Crippen molar-refractivity contribution in [1.29, 1.82) is 5.26 Å². The molecule has 4 rings (SSSR count). The third kappa shape index (κ3) is 2.77. The number of aromatic amines is 1.